The quantitative estimate of drug-likeness (QED) is 0.904. The number of carbonyl (C=O) groups is 1. The average molecular weight is 262 g/mol. The van der Waals surface area contributed by atoms with Crippen molar-refractivity contribution in [3.8, 4) is 0 Å². The second-order valence-corrected chi connectivity index (χ2v) is 5.67. The number of amides is 1. The lowest BCUT2D eigenvalue weighted by atomic mass is 10.0. The number of carbonyl (C=O) groups excluding carboxylic acids is 1. The lowest BCUT2D eigenvalue weighted by molar-refractivity contribution is -0.138. The molecular weight excluding hydrogens is 240 g/mol. The number of nitrogens with zero attached hydrogens (tertiary/aromatic N) is 1. The van der Waals surface area contributed by atoms with Crippen LogP contribution in [0.4, 0.5) is 0 Å². The first kappa shape index (κ1) is 12.7. The van der Waals surface area contributed by atoms with E-state index in [1.54, 1.807) is 6.26 Å². The molecule has 19 heavy (non-hydrogen) atoms. The average Bonchev–Trinajstić information content (AvgIpc) is 3.15. The zero-order valence-electron chi connectivity index (χ0n) is 11.3. The lowest BCUT2D eigenvalue weighted by Crippen LogP contribution is -2.42. The molecule has 1 aromatic rings. The van der Waals surface area contributed by atoms with E-state index in [1.807, 2.05) is 12.1 Å². The summed E-state index contributed by atoms with van der Waals surface area (Å²) >= 11 is 0. The second-order valence-electron chi connectivity index (χ2n) is 5.67. The Morgan fingerprint density at radius 1 is 1.37 bits per heavy atom. The first-order chi connectivity index (χ1) is 9.34. The molecule has 1 aliphatic heterocycles. The normalized spacial score (nSPS) is 23.9. The Morgan fingerprint density at radius 3 is 2.84 bits per heavy atom. The molecule has 0 spiro atoms. The van der Waals surface area contributed by atoms with Gasteiger partial charge in [-0.05, 0) is 37.9 Å². The standard InChI is InChI=1S/C15H22N2O2/c18-15(12-7-8-16-10-12)17(13-4-1-2-5-13)11-14-6-3-9-19-14/h3,6,9,12-13,16H,1-2,4-5,7-8,10-11H2. The third kappa shape index (κ3) is 2.84. The fourth-order valence-corrected chi connectivity index (χ4v) is 3.27. The van der Waals surface area contributed by atoms with Crippen molar-refractivity contribution in [1.82, 2.24) is 10.2 Å². The molecule has 3 rings (SSSR count). The molecule has 2 heterocycles. The largest absolute Gasteiger partial charge is 0.467 e. The first-order valence-corrected chi connectivity index (χ1v) is 7.38. The highest BCUT2D eigenvalue weighted by Crippen LogP contribution is 2.27. The van der Waals surface area contributed by atoms with Gasteiger partial charge in [0.05, 0.1) is 18.7 Å². The smallest absolute Gasteiger partial charge is 0.227 e. The van der Waals surface area contributed by atoms with Crippen LogP contribution in [0.3, 0.4) is 0 Å². The van der Waals surface area contributed by atoms with Gasteiger partial charge < -0.3 is 14.6 Å². The number of nitrogens with one attached hydrogen (secondary N) is 1. The van der Waals surface area contributed by atoms with E-state index in [4.69, 9.17) is 4.42 Å². The fourth-order valence-electron chi connectivity index (χ4n) is 3.27. The molecular formula is C15H22N2O2. The van der Waals surface area contributed by atoms with E-state index >= 15 is 0 Å². The van der Waals surface area contributed by atoms with Crippen molar-refractivity contribution in [2.75, 3.05) is 13.1 Å². The third-order valence-electron chi connectivity index (χ3n) is 4.36. The van der Waals surface area contributed by atoms with Crippen LogP contribution in [0.15, 0.2) is 22.8 Å². The van der Waals surface area contributed by atoms with Crippen molar-refractivity contribution in [1.29, 1.82) is 0 Å². The minimum atomic E-state index is 0.163. The highest BCUT2D eigenvalue weighted by atomic mass is 16.3. The predicted octanol–water partition coefficient (Wildman–Crippen LogP) is 2.16. The van der Waals surface area contributed by atoms with Crippen LogP contribution in [0.2, 0.25) is 0 Å². The minimum Gasteiger partial charge on any atom is -0.467 e. The van der Waals surface area contributed by atoms with E-state index in [1.165, 1.54) is 12.8 Å². The summed E-state index contributed by atoms with van der Waals surface area (Å²) in [6.07, 6.45) is 7.44. The highest BCUT2D eigenvalue weighted by molar-refractivity contribution is 5.79. The molecule has 1 aromatic heterocycles. The maximum Gasteiger partial charge on any atom is 0.227 e. The van der Waals surface area contributed by atoms with Crippen molar-refractivity contribution < 1.29 is 9.21 Å². The van der Waals surface area contributed by atoms with Crippen molar-refractivity contribution in [3.63, 3.8) is 0 Å². The molecule has 1 unspecified atom stereocenters. The Kier molecular flexibility index (Phi) is 3.87. The monoisotopic (exact) mass is 262 g/mol. The fraction of sp³-hybridized carbons (Fsp3) is 0.667. The molecule has 4 nitrogen and oxygen atoms in total. The summed E-state index contributed by atoms with van der Waals surface area (Å²) in [5, 5.41) is 3.29. The van der Waals surface area contributed by atoms with Gasteiger partial charge in [-0.2, -0.15) is 0 Å². The van der Waals surface area contributed by atoms with Crippen LogP contribution >= 0.6 is 0 Å². The summed E-state index contributed by atoms with van der Waals surface area (Å²) in [5.41, 5.74) is 0. The van der Waals surface area contributed by atoms with Crippen molar-refractivity contribution >= 4 is 5.91 Å². The van der Waals surface area contributed by atoms with E-state index < -0.39 is 0 Å². The molecule has 1 saturated carbocycles. The van der Waals surface area contributed by atoms with E-state index in [0.29, 0.717) is 18.5 Å². The van der Waals surface area contributed by atoms with Gasteiger partial charge in [0, 0.05) is 12.6 Å². The van der Waals surface area contributed by atoms with Crippen molar-refractivity contribution in [2.45, 2.75) is 44.7 Å². The Balaban J connectivity index is 1.72. The summed E-state index contributed by atoms with van der Waals surface area (Å²) in [6, 6.07) is 4.27. The molecule has 2 aliphatic rings. The van der Waals surface area contributed by atoms with Crippen LogP contribution in [0.25, 0.3) is 0 Å². The van der Waals surface area contributed by atoms with E-state index in [2.05, 4.69) is 10.2 Å². The van der Waals surface area contributed by atoms with Gasteiger partial charge in [0.15, 0.2) is 0 Å². The summed E-state index contributed by atoms with van der Waals surface area (Å²) < 4.78 is 5.43. The zero-order valence-corrected chi connectivity index (χ0v) is 11.3. The Morgan fingerprint density at radius 2 is 2.21 bits per heavy atom. The van der Waals surface area contributed by atoms with Gasteiger partial charge in [0.1, 0.15) is 5.76 Å². The van der Waals surface area contributed by atoms with E-state index in [9.17, 15) is 4.79 Å². The molecule has 0 bridgehead atoms. The SMILES string of the molecule is O=C(C1CCNC1)N(Cc1ccco1)C1CCCC1. The number of hydrogen-bond acceptors (Lipinski definition) is 3. The number of rotatable bonds is 4. The van der Waals surface area contributed by atoms with Gasteiger partial charge in [-0.25, -0.2) is 0 Å². The van der Waals surface area contributed by atoms with Crippen LogP contribution in [-0.4, -0.2) is 29.9 Å². The van der Waals surface area contributed by atoms with E-state index in [0.717, 1.165) is 38.1 Å². The Hall–Kier alpha value is -1.29. The summed E-state index contributed by atoms with van der Waals surface area (Å²) in [6.45, 7) is 2.43. The predicted molar refractivity (Wildman–Crippen MR) is 72.5 cm³/mol. The molecule has 4 heteroatoms. The van der Waals surface area contributed by atoms with Gasteiger partial charge in [0.25, 0.3) is 0 Å². The molecule has 1 atom stereocenters. The molecule has 0 radical (unpaired) electrons. The van der Waals surface area contributed by atoms with Crippen LogP contribution in [-0.2, 0) is 11.3 Å². The number of hydrogen-bond donors (Lipinski definition) is 1. The van der Waals surface area contributed by atoms with Crippen molar-refractivity contribution in [2.24, 2.45) is 5.92 Å². The number of furan rings is 1. The summed E-state index contributed by atoms with van der Waals surface area (Å²) in [4.78, 5) is 14.8. The molecule has 1 aliphatic carbocycles. The van der Waals surface area contributed by atoms with E-state index in [-0.39, 0.29) is 5.92 Å². The highest BCUT2D eigenvalue weighted by Gasteiger charge is 2.33. The second kappa shape index (κ2) is 5.78. The van der Waals surface area contributed by atoms with Gasteiger partial charge in [0.2, 0.25) is 5.91 Å². The Labute approximate surface area is 114 Å². The maximum absolute atomic E-state index is 12.7. The molecule has 1 amide bonds. The molecule has 104 valence electrons. The van der Waals surface area contributed by atoms with Crippen LogP contribution < -0.4 is 5.32 Å². The topological polar surface area (TPSA) is 45.5 Å². The molecule has 1 N–H and O–H groups in total. The minimum absolute atomic E-state index is 0.163. The lowest BCUT2D eigenvalue weighted by Gasteiger charge is -2.30. The maximum atomic E-state index is 12.7. The van der Waals surface area contributed by atoms with Crippen molar-refractivity contribution in [3.05, 3.63) is 24.2 Å². The van der Waals surface area contributed by atoms with Gasteiger partial charge in [-0.15, -0.1) is 0 Å². The third-order valence-corrected chi connectivity index (χ3v) is 4.36. The van der Waals surface area contributed by atoms with Gasteiger partial charge in [-0.3, -0.25) is 4.79 Å². The summed E-state index contributed by atoms with van der Waals surface area (Å²) in [5.74, 6) is 1.37. The molecule has 2 fully saturated rings. The zero-order chi connectivity index (χ0) is 13.1. The van der Waals surface area contributed by atoms with Crippen LogP contribution in [0.1, 0.15) is 37.9 Å². The molecule has 1 saturated heterocycles. The summed E-state index contributed by atoms with van der Waals surface area (Å²) in [7, 11) is 0. The van der Waals surface area contributed by atoms with Crippen LogP contribution in [0, 0.1) is 5.92 Å². The van der Waals surface area contributed by atoms with Crippen LogP contribution in [0.5, 0.6) is 0 Å². The van der Waals surface area contributed by atoms with Gasteiger partial charge >= 0.3 is 0 Å². The van der Waals surface area contributed by atoms with Gasteiger partial charge in [-0.1, -0.05) is 12.8 Å². The Bertz CT molecular complexity index is 404. The molecule has 0 aromatic carbocycles. The first-order valence-electron chi connectivity index (χ1n) is 7.38.